The van der Waals surface area contributed by atoms with Crippen molar-refractivity contribution < 1.29 is 0 Å². The van der Waals surface area contributed by atoms with E-state index < -0.39 is 0 Å². The van der Waals surface area contributed by atoms with Crippen molar-refractivity contribution in [2.24, 2.45) is 0 Å². The van der Waals surface area contributed by atoms with Gasteiger partial charge in [-0.3, -0.25) is 0 Å². The molecule has 0 heterocycles. The lowest BCUT2D eigenvalue weighted by atomic mass is 10.2. The van der Waals surface area contributed by atoms with Crippen LogP contribution in [-0.2, 0) is 0 Å². The van der Waals surface area contributed by atoms with Crippen molar-refractivity contribution in [1.82, 2.24) is 0 Å². The molecule has 0 saturated carbocycles. The lowest BCUT2D eigenvalue weighted by molar-refractivity contribution is 0.706. The van der Waals surface area contributed by atoms with Crippen LogP contribution in [0.2, 0.25) is 0 Å². The molecule has 0 aliphatic heterocycles. The van der Waals surface area contributed by atoms with Crippen LogP contribution in [0, 0.1) is 0 Å². The van der Waals surface area contributed by atoms with E-state index in [1.54, 1.807) is 0 Å². The van der Waals surface area contributed by atoms with Crippen molar-refractivity contribution in [3.05, 3.63) is 0 Å². The van der Waals surface area contributed by atoms with Gasteiger partial charge in [-0.1, -0.05) is 26.2 Å². The molecule has 0 bridgehead atoms. The van der Waals surface area contributed by atoms with E-state index in [9.17, 15) is 0 Å². The second-order valence-corrected chi connectivity index (χ2v) is 4.26. The van der Waals surface area contributed by atoms with Crippen LogP contribution in [0.5, 0.6) is 0 Å². The van der Waals surface area contributed by atoms with Gasteiger partial charge in [0.25, 0.3) is 0 Å². The van der Waals surface area contributed by atoms with E-state index in [-0.39, 0.29) is 0 Å². The van der Waals surface area contributed by atoms with Crippen LogP contribution in [0.15, 0.2) is 0 Å². The molecule has 1 atom stereocenters. The van der Waals surface area contributed by atoms with Crippen molar-refractivity contribution in [1.29, 1.82) is 0 Å². The average Bonchev–Trinajstić information content (AvgIpc) is 1.89. The third-order valence-electron chi connectivity index (χ3n) is 1.30. The lowest BCUT2D eigenvalue weighted by Gasteiger charge is -1.95. The number of halogens is 1. The monoisotopic (exact) mass is 166 g/mol. The Kier molecular flexibility index (Phi) is 9.42. The Balaban J connectivity index is 2.60. The summed E-state index contributed by atoms with van der Waals surface area (Å²) in [5, 5.41) is 0. The molecule has 0 fully saturated rings. The highest BCUT2D eigenvalue weighted by atomic mass is 35.5. The molecule has 9 heavy (non-hydrogen) atoms. The Hall–Kier alpha value is 0.720. The smallest absolute Gasteiger partial charge is 0.0395 e. The second kappa shape index (κ2) is 8.72. The third-order valence-corrected chi connectivity index (χ3v) is 2.76. The zero-order valence-electron chi connectivity index (χ0n) is 6.12. The fourth-order valence-corrected chi connectivity index (χ4v) is 1.78. The van der Waals surface area contributed by atoms with Crippen molar-refractivity contribution in [3.63, 3.8) is 0 Å². The van der Waals surface area contributed by atoms with Crippen LogP contribution in [0.25, 0.3) is 0 Å². The van der Waals surface area contributed by atoms with Gasteiger partial charge in [0.1, 0.15) is 0 Å². The Bertz CT molecular complexity index is 42.2. The van der Waals surface area contributed by atoms with Crippen molar-refractivity contribution in [3.8, 4) is 0 Å². The molecular formula is C7H16ClP. The number of unbranched alkanes of at least 4 members (excludes halogenated alkanes) is 3. The van der Waals surface area contributed by atoms with Crippen LogP contribution in [0.4, 0.5) is 0 Å². The number of alkyl halides is 1. The van der Waals surface area contributed by atoms with Crippen LogP contribution in [0.3, 0.4) is 0 Å². The molecule has 0 rings (SSSR count). The Morgan fingerprint density at radius 1 is 1.22 bits per heavy atom. The van der Waals surface area contributed by atoms with Crippen molar-refractivity contribution in [2.75, 3.05) is 11.8 Å². The molecule has 0 aromatic carbocycles. The normalized spacial score (nSPS) is 11.3. The molecule has 0 saturated heterocycles. The van der Waals surface area contributed by atoms with Gasteiger partial charge in [-0.2, -0.15) is 0 Å². The van der Waals surface area contributed by atoms with Crippen LogP contribution >= 0.6 is 20.2 Å². The fraction of sp³-hybridized carbons (Fsp3) is 1.00. The fourth-order valence-electron chi connectivity index (χ4n) is 0.744. The largest absolute Gasteiger partial charge is 0.122 e. The molecule has 1 unspecified atom stereocenters. The molecule has 0 aromatic heterocycles. The molecule has 0 nitrogen and oxygen atoms in total. The summed E-state index contributed by atoms with van der Waals surface area (Å²) in [4.78, 5) is 0. The van der Waals surface area contributed by atoms with Crippen LogP contribution in [0.1, 0.15) is 32.6 Å². The summed E-state index contributed by atoms with van der Waals surface area (Å²) in [6.45, 7) is 2.24. The highest BCUT2D eigenvalue weighted by Gasteiger charge is 1.86. The van der Waals surface area contributed by atoms with Gasteiger partial charge < -0.3 is 0 Å². The summed E-state index contributed by atoms with van der Waals surface area (Å²) < 4.78 is 0. The maximum absolute atomic E-state index is 5.53. The van der Waals surface area contributed by atoms with E-state index in [4.69, 9.17) is 11.6 Å². The minimum atomic E-state index is 0.867. The van der Waals surface area contributed by atoms with Gasteiger partial charge in [-0.15, -0.1) is 20.2 Å². The summed E-state index contributed by atoms with van der Waals surface area (Å²) in [5.74, 6) is 0. The maximum atomic E-state index is 5.53. The van der Waals surface area contributed by atoms with E-state index in [0.717, 1.165) is 14.2 Å². The Morgan fingerprint density at radius 3 is 2.56 bits per heavy atom. The first kappa shape index (κ1) is 9.72. The maximum Gasteiger partial charge on any atom is 0.0395 e. The summed E-state index contributed by atoms with van der Waals surface area (Å²) in [6.07, 6.45) is 6.87. The Labute approximate surface area is 65.1 Å². The minimum Gasteiger partial charge on any atom is -0.122 e. The van der Waals surface area contributed by atoms with Gasteiger partial charge in [0.15, 0.2) is 0 Å². The molecule has 56 valence electrons. The molecule has 0 aliphatic rings. The summed E-state index contributed by atoms with van der Waals surface area (Å²) in [5.41, 5.74) is 0.867. The molecule has 0 aliphatic carbocycles. The average molecular weight is 167 g/mol. The van der Waals surface area contributed by atoms with Crippen LogP contribution < -0.4 is 0 Å². The standard InChI is InChI=1S/C7H16ClP/c1-2-3-4-5-6-9-7-8/h9H,2-7H2,1H3. The van der Waals surface area contributed by atoms with E-state index in [1.807, 2.05) is 0 Å². The second-order valence-electron chi connectivity index (χ2n) is 2.19. The molecule has 0 radical (unpaired) electrons. The SMILES string of the molecule is CCCCCCPCCl. The van der Waals surface area contributed by atoms with E-state index in [1.165, 1.54) is 31.8 Å². The molecular weight excluding hydrogens is 151 g/mol. The number of rotatable bonds is 6. The predicted octanol–water partition coefficient (Wildman–Crippen LogP) is 3.44. The highest BCUT2D eigenvalue weighted by Crippen LogP contribution is 2.14. The first-order valence-corrected chi connectivity index (χ1v) is 5.63. The van der Waals surface area contributed by atoms with E-state index >= 15 is 0 Å². The molecule has 0 spiro atoms. The highest BCUT2D eigenvalue weighted by molar-refractivity contribution is 7.40. The molecule has 0 amide bonds. The number of hydrogen-bond acceptors (Lipinski definition) is 0. The van der Waals surface area contributed by atoms with Gasteiger partial charge in [-0.25, -0.2) is 0 Å². The molecule has 0 aromatic rings. The summed E-state index contributed by atoms with van der Waals surface area (Å²) >= 11 is 5.53. The lowest BCUT2D eigenvalue weighted by Crippen LogP contribution is -1.77. The van der Waals surface area contributed by atoms with Crippen molar-refractivity contribution in [2.45, 2.75) is 32.6 Å². The molecule has 0 N–H and O–H groups in total. The van der Waals surface area contributed by atoms with Gasteiger partial charge in [0, 0.05) is 5.62 Å². The van der Waals surface area contributed by atoms with Gasteiger partial charge in [0.05, 0.1) is 0 Å². The van der Waals surface area contributed by atoms with Gasteiger partial charge >= 0.3 is 0 Å². The first-order chi connectivity index (χ1) is 4.41. The zero-order valence-corrected chi connectivity index (χ0v) is 7.88. The topological polar surface area (TPSA) is 0 Å². The Morgan fingerprint density at radius 2 is 2.00 bits per heavy atom. The summed E-state index contributed by atoms with van der Waals surface area (Å²) in [7, 11) is 0.992. The minimum absolute atomic E-state index is 0.867. The van der Waals surface area contributed by atoms with Crippen LogP contribution in [-0.4, -0.2) is 11.8 Å². The zero-order chi connectivity index (χ0) is 6.95. The van der Waals surface area contributed by atoms with Crippen molar-refractivity contribution >= 4 is 20.2 Å². The van der Waals surface area contributed by atoms with Gasteiger partial charge in [-0.05, 0) is 12.6 Å². The number of hydrogen-bond donors (Lipinski definition) is 0. The summed E-state index contributed by atoms with van der Waals surface area (Å²) in [6, 6.07) is 0. The molecule has 2 heteroatoms. The first-order valence-electron chi connectivity index (χ1n) is 3.68. The quantitative estimate of drug-likeness (QED) is 0.322. The van der Waals surface area contributed by atoms with E-state index in [2.05, 4.69) is 6.92 Å². The third kappa shape index (κ3) is 8.72. The van der Waals surface area contributed by atoms with Gasteiger partial charge in [0.2, 0.25) is 0 Å². The van der Waals surface area contributed by atoms with E-state index in [0.29, 0.717) is 0 Å². The predicted molar refractivity (Wildman–Crippen MR) is 48.0 cm³/mol.